The number of rotatable bonds is 7. The summed E-state index contributed by atoms with van der Waals surface area (Å²) < 4.78 is 15.7. The van der Waals surface area contributed by atoms with E-state index in [-0.39, 0.29) is 18.8 Å². The van der Waals surface area contributed by atoms with Gasteiger partial charge in [0.15, 0.2) is 0 Å². The van der Waals surface area contributed by atoms with Gasteiger partial charge in [0, 0.05) is 19.6 Å². The Hall–Kier alpha value is -0.200. The summed E-state index contributed by atoms with van der Waals surface area (Å²) in [4.78, 5) is 0. The maximum atomic E-state index is 9.11. The van der Waals surface area contributed by atoms with Crippen LogP contribution < -0.4 is 5.73 Å². The molecule has 1 aliphatic heterocycles. The first-order chi connectivity index (χ1) is 7.27. The summed E-state index contributed by atoms with van der Waals surface area (Å²) in [6.07, 6.45) is 0.683. The average molecular weight is 219 g/mol. The molecule has 1 saturated heterocycles. The predicted molar refractivity (Wildman–Crippen MR) is 55.6 cm³/mol. The van der Waals surface area contributed by atoms with E-state index in [0.29, 0.717) is 19.1 Å². The molecule has 15 heavy (non-hydrogen) atoms. The summed E-state index contributed by atoms with van der Waals surface area (Å²) in [5.41, 5.74) is 5.78. The molecular weight excluding hydrogens is 198 g/mol. The lowest BCUT2D eigenvalue weighted by atomic mass is 10.1. The maximum absolute atomic E-state index is 9.11. The molecule has 5 heteroatoms. The van der Waals surface area contributed by atoms with Crippen LogP contribution in [0.15, 0.2) is 0 Å². The van der Waals surface area contributed by atoms with Crippen molar-refractivity contribution < 1.29 is 19.3 Å². The van der Waals surface area contributed by atoms with Crippen LogP contribution in [0, 0.1) is 5.92 Å². The van der Waals surface area contributed by atoms with Crippen LogP contribution in [0.1, 0.15) is 6.42 Å². The van der Waals surface area contributed by atoms with Gasteiger partial charge in [0.05, 0.1) is 38.6 Å². The van der Waals surface area contributed by atoms with E-state index in [1.165, 1.54) is 0 Å². The zero-order chi connectivity index (χ0) is 11.1. The number of aliphatic hydroxyl groups is 1. The van der Waals surface area contributed by atoms with Crippen LogP contribution in [0.25, 0.3) is 0 Å². The smallest absolute Gasteiger partial charge is 0.0978 e. The minimum Gasteiger partial charge on any atom is -0.394 e. The molecule has 0 amide bonds. The molecule has 0 aromatic heterocycles. The zero-order valence-corrected chi connectivity index (χ0v) is 9.22. The lowest BCUT2D eigenvalue weighted by Crippen LogP contribution is -2.43. The molecule has 0 aliphatic carbocycles. The van der Waals surface area contributed by atoms with Gasteiger partial charge in [-0.15, -0.1) is 0 Å². The third kappa shape index (κ3) is 4.44. The molecule has 0 radical (unpaired) electrons. The van der Waals surface area contributed by atoms with E-state index in [4.69, 9.17) is 25.1 Å². The normalized spacial score (nSPS) is 25.4. The maximum Gasteiger partial charge on any atom is 0.0978 e. The lowest BCUT2D eigenvalue weighted by molar-refractivity contribution is -0.0321. The summed E-state index contributed by atoms with van der Waals surface area (Å²) in [5, 5.41) is 9.11. The van der Waals surface area contributed by atoms with Gasteiger partial charge < -0.3 is 25.1 Å². The van der Waals surface area contributed by atoms with Crippen molar-refractivity contribution in [2.75, 3.05) is 40.1 Å². The minimum absolute atomic E-state index is 0.0713. The third-order valence-electron chi connectivity index (χ3n) is 2.59. The summed E-state index contributed by atoms with van der Waals surface area (Å²) in [5.74, 6) is 0.439. The predicted octanol–water partition coefficient (Wildman–Crippen LogP) is -0.626. The van der Waals surface area contributed by atoms with Crippen LogP contribution >= 0.6 is 0 Å². The third-order valence-corrected chi connectivity index (χ3v) is 2.59. The Morgan fingerprint density at radius 1 is 1.60 bits per heavy atom. The second-order valence-corrected chi connectivity index (χ2v) is 3.90. The average Bonchev–Trinajstić information content (AvgIpc) is 2.72. The summed E-state index contributed by atoms with van der Waals surface area (Å²) in [6, 6.07) is -0.276. The van der Waals surface area contributed by atoms with Gasteiger partial charge in [0.2, 0.25) is 0 Å². The highest BCUT2D eigenvalue weighted by Gasteiger charge is 2.21. The molecule has 0 spiro atoms. The molecule has 0 saturated carbocycles. The number of hydrogen-bond acceptors (Lipinski definition) is 5. The Balaban J connectivity index is 2.19. The molecule has 1 fully saturated rings. The van der Waals surface area contributed by atoms with E-state index in [2.05, 4.69) is 0 Å². The van der Waals surface area contributed by atoms with Crippen LogP contribution in [0.4, 0.5) is 0 Å². The Labute approximate surface area is 90.5 Å². The number of hydrogen-bond donors (Lipinski definition) is 2. The molecular formula is C10H21NO4. The van der Waals surface area contributed by atoms with Crippen LogP contribution in [-0.4, -0.2) is 57.4 Å². The fraction of sp³-hybridized carbons (Fsp3) is 1.00. The summed E-state index contributed by atoms with van der Waals surface area (Å²) in [7, 11) is 1.58. The van der Waals surface area contributed by atoms with E-state index in [1.54, 1.807) is 7.11 Å². The van der Waals surface area contributed by atoms with E-state index in [0.717, 1.165) is 19.6 Å². The first kappa shape index (κ1) is 12.9. The molecule has 3 N–H and O–H groups in total. The van der Waals surface area contributed by atoms with Crippen molar-refractivity contribution in [3.05, 3.63) is 0 Å². The number of ether oxygens (including phenoxy) is 3. The van der Waals surface area contributed by atoms with Gasteiger partial charge in [-0.1, -0.05) is 0 Å². The van der Waals surface area contributed by atoms with Crippen molar-refractivity contribution in [2.24, 2.45) is 11.7 Å². The molecule has 0 bridgehead atoms. The number of methoxy groups -OCH3 is 1. The number of aliphatic hydroxyl groups excluding tert-OH is 1. The van der Waals surface area contributed by atoms with Gasteiger partial charge in [0.25, 0.3) is 0 Å². The minimum atomic E-state index is -0.342. The molecule has 0 aromatic rings. The van der Waals surface area contributed by atoms with E-state index < -0.39 is 0 Å². The first-order valence-electron chi connectivity index (χ1n) is 5.32. The van der Waals surface area contributed by atoms with Gasteiger partial charge in [0.1, 0.15) is 0 Å². The van der Waals surface area contributed by atoms with Crippen molar-refractivity contribution in [1.82, 2.24) is 0 Å². The van der Waals surface area contributed by atoms with Crippen molar-refractivity contribution in [1.29, 1.82) is 0 Å². The number of nitrogens with two attached hydrogens (primary N) is 1. The zero-order valence-electron chi connectivity index (χ0n) is 9.22. The van der Waals surface area contributed by atoms with Crippen LogP contribution in [0.5, 0.6) is 0 Å². The van der Waals surface area contributed by atoms with E-state index in [9.17, 15) is 0 Å². The quantitative estimate of drug-likeness (QED) is 0.596. The molecule has 3 unspecified atom stereocenters. The highest BCUT2D eigenvalue weighted by Crippen LogP contribution is 2.13. The van der Waals surface area contributed by atoms with Crippen LogP contribution in [-0.2, 0) is 14.2 Å². The van der Waals surface area contributed by atoms with Crippen molar-refractivity contribution >= 4 is 0 Å². The van der Waals surface area contributed by atoms with Crippen molar-refractivity contribution in [3.63, 3.8) is 0 Å². The Bertz CT molecular complexity index is 162. The SMILES string of the molecule is COCC(N)C(CO)OCC1CCOC1. The van der Waals surface area contributed by atoms with Gasteiger partial charge in [-0.05, 0) is 6.42 Å². The fourth-order valence-corrected chi connectivity index (χ4v) is 1.59. The van der Waals surface area contributed by atoms with Gasteiger partial charge in [-0.3, -0.25) is 0 Å². The fourth-order valence-electron chi connectivity index (χ4n) is 1.59. The molecule has 1 rings (SSSR count). The highest BCUT2D eigenvalue weighted by atomic mass is 16.5. The van der Waals surface area contributed by atoms with Gasteiger partial charge in [-0.25, -0.2) is 0 Å². The van der Waals surface area contributed by atoms with Gasteiger partial charge >= 0.3 is 0 Å². The largest absolute Gasteiger partial charge is 0.394 e. The molecule has 1 aliphatic rings. The second kappa shape index (κ2) is 7.14. The second-order valence-electron chi connectivity index (χ2n) is 3.90. The van der Waals surface area contributed by atoms with Crippen LogP contribution in [0.2, 0.25) is 0 Å². The summed E-state index contributed by atoms with van der Waals surface area (Å²) in [6.45, 7) is 2.48. The molecule has 0 aromatic carbocycles. The first-order valence-corrected chi connectivity index (χ1v) is 5.32. The Morgan fingerprint density at radius 3 is 2.93 bits per heavy atom. The Kier molecular flexibility index (Phi) is 6.12. The molecule has 5 nitrogen and oxygen atoms in total. The van der Waals surface area contributed by atoms with E-state index >= 15 is 0 Å². The summed E-state index contributed by atoms with van der Waals surface area (Å²) >= 11 is 0. The van der Waals surface area contributed by atoms with Crippen molar-refractivity contribution in [3.8, 4) is 0 Å². The molecule has 1 heterocycles. The van der Waals surface area contributed by atoms with Crippen molar-refractivity contribution in [2.45, 2.75) is 18.6 Å². The molecule has 3 atom stereocenters. The van der Waals surface area contributed by atoms with Crippen LogP contribution in [0.3, 0.4) is 0 Å². The lowest BCUT2D eigenvalue weighted by Gasteiger charge is -2.23. The standard InChI is InChI=1S/C10H21NO4/c1-13-7-9(11)10(4-12)15-6-8-2-3-14-5-8/h8-10,12H,2-7,11H2,1H3. The monoisotopic (exact) mass is 219 g/mol. The topological polar surface area (TPSA) is 73.9 Å². The van der Waals surface area contributed by atoms with Gasteiger partial charge in [-0.2, -0.15) is 0 Å². The molecule has 90 valence electrons. The highest BCUT2D eigenvalue weighted by molar-refractivity contribution is 4.73. The van der Waals surface area contributed by atoms with E-state index in [1.807, 2.05) is 0 Å². The Morgan fingerprint density at radius 2 is 2.40 bits per heavy atom.